The first kappa shape index (κ1) is 10.6. The van der Waals surface area contributed by atoms with Gasteiger partial charge in [0.1, 0.15) is 0 Å². The SMILES string of the molecule is CC#CC(C)(C)CC(C)(C)C. The summed E-state index contributed by atoms with van der Waals surface area (Å²) in [5, 5.41) is 0. The molecule has 11 heavy (non-hydrogen) atoms. The second kappa shape index (κ2) is 3.30. The smallest absolute Gasteiger partial charge is 0.0263 e. The van der Waals surface area contributed by atoms with E-state index < -0.39 is 0 Å². The van der Waals surface area contributed by atoms with E-state index in [1.165, 1.54) is 0 Å². The lowest BCUT2D eigenvalue weighted by Crippen LogP contribution is -2.18. The third kappa shape index (κ3) is 5.98. The summed E-state index contributed by atoms with van der Waals surface area (Å²) in [5.74, 6) is 6.21. The Hall–Kier alpha value is -0.440. The van der Waals surface area contributed by atoms with Crippen LogP contribution in [-0.4, -0.2) is 0 Å². The van der Waals surface area contributed by atoms with E-state index in [1.807, 2.05) is 6.92 Å². The van der Waals surface area contributed by atoms with E-state index >= 15 is 0 Å². The summed E-state index contributed by atoms with van der Waals surface area (Å²) in [6, 6.07) is 0. The quantitative estimate of drug-likeness (QED) is 0.505. The van der Waals surface area contributed by atoms with Crippen LogP contribution in [0, 0.1) is 22.7 Å². The molecule has 0 heteroatoms. The van der Waals surface area contributed by atoms with Gasteiger partial charge in [0.05, 0.1) is 0 Å². The average molecular weight is 152 g/mol. The molecule has 0 atom stereocenters. The predicted octanol–water partition coefficient (Wildman–Crippen LogP) is 3.47. The van der Waals surface area contributed by atoms with Gasteiger partial charge in [-0.2, -0.15) is 0 Å². The first-order valence-corrected chi connectivity index (χ1v) is 4.21. The van der Waals surface area contributed by atoms with E-state index in [0.717, 1.165) is 6.42 Å². The standard InChI is InChI=1S/C11H20/c1-7-8-11(5,6)9-10(2,3)4/h9H2,1-6H3. The van der Waals surface area contributed by atoms with Crippen molar-refractivity contribution < 1.29 is 0 Å². The van der Waals surface area contributed by atoms with E-state index in [2.05, 4.69) is 46.5 Å². The first-order valence-electron chi connectivity index (χ1n) is 4.21. The van der Waals surface area contributed by atoms with Crippen LogP contribution in [0.4, 0.5) is 0 Å². The maximum absolute atomic E-state index is 3.23. The van der Waals surface area contributed by atoms with Crippen molar-refractivity contribution in [2.75, 3.05) is 0 Å². The molecule has 0 bridgehead atoms. The summed E-state index contributed by atoms with van der Waals surface area (Å²) in [7, 11) is 0. The largest absolute Gasteiger partial charge is 0.106 e. The van der Waals surface area contributed by atoms with E-state index in [4.69, 9.17) is 0 Å². The molecule has 0 heterocycles. The summed E-state index contributed by atoms with van der Waals surface area (Å²) >= 11 is 0. The van der Waals surface area contributed by atoms with Crippen LogP contribution in [0.1, 0.15) is 48.0 Å². The molecule has 0 aromatic carbocycles. The van der Waals surface area contributed by atoms with Crippen molar-refractivity contribution in [3.63, 3.8) is 0 Å². The maximum Gasteiger partial charge on any atom is 0.0263 e. The van der Waals surface area contributed by atoms with E-state index in [9.17, 15) is 0 Å². The summed E-state index contributed by atoms with van der Waals surface area (Å²) in [6.45, 7) is 13.1. The molecule has 0 saturated heterocycles. The Morgan fingerprint density at radius 2 is 1.45 bits per heavy atom. The van der Waals surface area contributed by atoms with Gasteiger partial charge < -0.3 is 0 Å². The lowest BCUT2D eigenvalue weighted by molar-refractivity contribution is 0.271. The summed E-state index contributed by atoms with van der Waals surface area (Å²) in [5.41, 5.74) is 0.556. The van der Waals surface area contributed by atoms with E-state index in [1.54, 1.807) is 0 Å². The zero-order valence-corrected chi connectivity index (χ0v) is 8.71. The molecule has 0 aromatic rings. The van der Waals surface area contributed by atoms with Gasteiger partial charge in [0.15, 0.2) is 0 Å². The Bertz CT molecular complexity index is 168. The van der Waals surface area contributed by atoms with Crippen molar-refractivity contribution in [2.45, 2.75) is 48.0 Å². The van der Waals surface area contributed by atoms with Crippen LogP contribution >= 0.6 is 0 Å². The van der Waals surface area contributed by atoms with Crippen LogP contribution in [0.15, 0.2) is 0 Å². The van der Waals surface area contributed by atoms with Gasteiger partial charge in [-0.3, -0.25) is 0 Å². The Labute approximate surface area is 71.4 Å². The predicted molar refractivity (Wildman–Crippen MR) is 51.3 cm³/mol. The third-order valence-electron chi connectivity index (χ3n) is 1.44. The van der Waals surface area contributed by atoms with Crippen molar-refractivity contribution >= 4 is 0 Å². The molecule has 0 aliphatic heterocycles. The Balaban J connectivity index is 4.21. The average Bonchev–Trinajstić information content (AvgIpc) is 1.55. The summed E-state index contributed by atoms with van der Waals surface area (Å²) in [6.07, 6.45) is 1.15. The molecule has 0 fully saturated rings. The van der Waals surface area contributed by atoms with Crippen LogP contribution in [-0.2, 0) is 0 Å². The Morgan fingerprint density at radius 3 is 1.73 bits per heavy atom. The van der Waals surface area contributed by atoms with Crippen LogP contribution < -0.4 is 0 Å². The molecule has 0 aliphatic carbocycles. The third-order valence-corrected chi connectivity index (χ3v) is 1.44. The highest BCUT2D eigenvalue weighted by Crippen LogP contribution is 2.32. The number of rotatable bonds is 1. The van der Waals surface area contributed by atoms with Crippen molar-refractivity contribution in [2.24, 2.45) is 10.8 Å². The van der Waals surface area contributed by atoms with Crippen LogP contribution in [0.2, 0.25) is 0 Å². The fourth-order valence-corrected chi connectivity index (χ4v) is 1.71. The molecule has 0 saturated carbocycles. The molecule has 0 amide bonds. The highest BCUT2D eigenvalue weighted by Gasteiger charge is 2.22. The van der Waals surface area contributed by atoms with E-state index in [-0.39, 0.29) is 5.41 Å². The Morgan fingerprint density at radius 1 is 1.00 bits per heavy atom. The Kier molecular flexibility index (Phi) is 3.17. The van der Waals surface area contributed by atoms with Gasteiger partial charge in [0.25, 0.3) is 0 Å². The second-order valence-corrected chi connectivity index (χ2v) is 5.00. The van der Waals surface area contributed by atoms with Gasteiger partial charge in [-0.1, -0.05) is 26.7 Å². The lowest BCUT2D eigenvalue weighted by atomic mass is 9.77. The van der Waals surface area contributed by atoms with Crippen LogP contribution in [0.5, 0.6) is 0 Å². The van der Waals surface area contributed by atoms with Gasteiger partial charge in [-0.25, -0.2) is 0 Å². The van der Waals surface area contributed by atoms with Crippen LogP contribution in [0.25, 0.3) is 0 Å². The first-order chi connectivity index (χ1) is 4.77. The molecule has 0 rings (SSSR count). The second-order valence-electron chi connectivity index (χ2n) is 5.00. The normalized spacial score (nSPS) is 12.2. The summed E-state index contributed by atoms with van der Waals surface area (Å²) < 4.78 is 0. The minimum atomic E-state index is 0.174. The van der Waals surface area contributed by atoms with Gasteiger partial charge in [0, 0.05) is 5.41 Å². The zero-order chi connectivity index (χ0) is 9.12. The highest BCUT2D eigenvalue weighted by molar-refractivity contribution is 5.07. The van der Waals surface area contributed by atoms with Crippen LogP contribution in [0.3, 0.4) is 0 Å². The number of hydrogen-bond donors (Lipinski definition) is 0. The minimum absolute atomic E-state index is 0.174. The molecular weight excluding hydrogens is 132 g/mol. The summed E-state index contributed by atoms with van der Waals surface area (Å²) in [4.78, 5) is 0. The lowest BCUT2D eigenvalue weighted by Gasteiger charge is -2.27. The van der Waals surface area contributed by atoms with Gasteiger partial charge in [0.2, 0.25) is 0 Å². The molecule has 0 aromatic heterocycles. The van der Waals surface area contributed by atoms with E-state index in [0.29, 0.717) is 5.41 Å². The highest BCUT2D eigenvalue weighted by atomic mass is 14.3. The fraction of sp³-hybridized carbons (Fsp3) is 0.818. The van der Waals surface area contributed by atoms with Gasteiger partial charge in [-0.15, -0.1) is 5.92 Å². The monoisotopic (exact) mass is 152 g/mol. The molecule has 0 spiro atoms. The topological polar surface area (TPSA) is 0 Å². The molecule has 0 nitrogen and oxygen atoms in total. The fourth-order valence-electron chi connectivity index (χ4n) is 1.71. The van der Waals surface area contributed by atoms with Crippen molar-refractivity contribution in [1.29, 1.82) is 0 Å². The molecule has 64 valence electrons. The van der Waals surface area contributed by atoms with Crippen molar-refractivity contribution in [3.05, 3.63) is 0 Å². The van der Waals surface area contributed by atoms with Gasteiger partial charge >= 0.3 is 0 Å². The van der Waals surface area contributed by atoms with Crippen molar-refractivity contribution in [1.82, 2.24) is 0 Å². The molecular formula is C11H20. The van der Waals surface area contributed by atoms with Crippen molar-refractivity contribution in [3.8, 4) is 11.8 Å². The molecule has 0 aliphatic rings. The number of hydrogen-bond acceptors (Lipinski definition) is 0. The molecule has 0 N–H and O–H groups in total. The minimum Gasteiger partial charge on any atom is -0.106 e. The molecule has 0 unspecified atom stereocenters. The molecule has 0 radical (unpaired) electrons. The maximum atomic E-state index is 3.23. The van der Waals surface area contributed by atoms with Gasteiger partial charge in [-0.05, 0) is 32.6 Å². The zero-order valence-electron chi connectivity index (χ0n) is 8.71.